The Morgan fingerprint density at radius 1 is 1.38 bits per heavy atom. The largest absolute Gasteiger partial charge is 0.365 e. The Balaban J connectivity index is 1.85. The third-order valence-electron chi connectivity index (χ3n) is 3.65. The van der Waals surface area contributed by atoms with E-state index in [-0.39, 0.29) is 10.8 Å². The first-order chi connectivity index (χ1) is 9.81. The number of hydrogen-bond donors (Lipinski definition) is 2. The summed E-state index contributed by atoms with van der Waals surface area (Å²) in [5.74, 6) is -0.0962. The van der Waals surface area contributed by atoms with Crippen molar-refractivity contribution in [1.82, 2.24) is 5.32 Å². The Morgan fingerprint density at radius 2 is 2.05 bits per heavy atom. The van der Waals surface area contributed by atoms with Crippen LogP contribution in [0.25, 0.3) is 0 Å². The molecule has 3 N–H and O–H groups in total. The van der Waals surface area contributed by atoms with E-state index in [1.807, 2.05) is 0 Å². The predicted octanol–water partition coefficient (Wildman–Crippen LogP) is 0.562. The van der Waals surface area contributed by atoms with Crippen LogP contribution in [0.15, 0.2) is 29.2 Å². The summed E-state index contributed by atoms with van der Waals surface area (Å²) in [6.07, 6.45) is 2.26. The zero-order valence-corrected chi connectivity index (χ0v) is 12.8. The third kappa shape index (κ3) is 4.03. The summed E-state index contributed by atoms with van der Waals surface area (Å²) in [6.45, 7) is 2.90. The molecule has 2 rings (SSSR count). The molecule has 0 spiro atoms. The monoisotopic (exact) mass is 312 g/mol. The van der Waals surface area contributed by atoms with Crippen LogP contribution in [0.3, 0.4) is 0 Å². The second-order valence-electron chi connectivity index (χ2n) is 5.38. The third-order valence-corrected chi connectivity index (χ3v) is 4.58. The standard InChI is InChI=1S/C14H20N2O4S/c1-14(8-2-10-20-14)13(17)16-9-7-11-3-5-12(6-4-11)21(15,18)19/h3-6H,2,7-10H2,1H3,(H,16,17)(H2,15,18,19). The van der Waals surface area contributed by atoms with Crippen LogP contribution < -0.4 is 10.5 Å². The van der Waals surface area contributed by atoms with Crippen molar-refractivity contribution in [2.75, 3.05) is 13.2 Å². The van der Waals surface area contributed by atoms with Gasteiger partial charge in [0.15, 0.2) is 0 Å². The molecule has 0 aliphatic carbocycles. The highest BCUT2D eigenvalue weighted by atomic mass is 32.2. The van der Waals surface area contributed by atoms with Crippen molar-refractivity contribution < 1.29 is 17.9 Å². The summed E-state index contributed by atoms with van der Waals surface area (Å²) in [5.41, 5.74) is 0.220. The molecular weight excluding hydrogens is 292 g/mol. The van der Waals surface area contributed by atoms with Gasteiger partial charge in [-0.15, -0.1) is 0 Å². The van der Waals surface area contributed by atoms with Crippen LogP contribution in [0.5, 0.6) is 0 Å². The molecule has 1 fully saturated rings. The molecule has 1 aromatic carbocycles. The maximum absolute atomic E-state index is 12.0. The number of sulfonamides is 1. The van der Waals surface area contributed by atoms with Gasteiger partial charge in [-0.3, -0.25) is 4.79 Å². The van der Waals surface area contributed by atoms with Gasteiger partial charge >= 0.3 is 0 Å². The van der Waals surface area contributed by atoms with Gasteiger partial charge in [-0.05, 0) is 43.9 Å². The molecule has 0 saturated carbocycles. The molecule has 1 aliphatic heterocycles. The van der Waals surface area contributed by atoms with Gasteiger partial charge in [-0.1, -0.05) is 12.1 Å². The topological polar surface area (TPSA) is 98.5 Å². The second kappa shape index (κ2) is 6.13. The number of carbonyl (C=O) groups is 1. The first-order valence-electron chi connectivity index (χ1n) is 6.85. The summed E-state index contributed by atoms with van der Waals surface area (Å²) >= 11 is 0. The van der Waals surface area contributed by atoms with Gasteiger partial charge in [-0.25, -0.2) is 13.6 Å². The van der Waals surface area contributed by atoms with Crippen LogP contribution in [0.1, 0.15) is 25.3 Å². The van der Waals surface area contributed by atoms with E-state index in [0.29, 0.717) is 19.6 Å². The van der Waals surface area contributed by atoms with Gasteiger partial charge in [0.2, 0.25) is 10.0 Å². The summed E-state index contributed by atoms with van der Waals surface area (Å²) in [7, 11) is -3.66. The SMILES string of the molecule is CC1(C(=O)NCCc2ccc(S(N)(=O)=O)cc2)CCCO1. The number of nitrogens with one attached hydrogen (secondary N) is 1. The Kier molecular flexibility index (Phi) is 4.65. The summed E-state index contributed by atoms with van der Waals surface area (Å²) in [6, 6.07) is 6.32. The van der Waals surface area contributed by atoms with E-state index >= 15 is 0 Å². The maximum atomic E-state index is 12.0. The lowest BCUT2D eigenvalue weighted by atomic mass is 10.0. The van der Waals surface area contributed by atoms with Gasteiger partial charge in [0, 0.05) is 13.2 Å². The number of primary sulfonamides is 1. The summed E-state index contributed by atoms with van der Waals surface area (Å²) < 4.78 is 27.7. The molecular formula is C14H20N2O4S. The van der Waals surface area contributed by atoms with Gasteiger partial charge in [0.1, 0.15) is 5.60 Å². The number of benzene rings is 1. The van der Waals surface area contributed by atoms with Crippen LogP contribution in [-0.4, -0.2) is 33.1 Å². The maximum Gasteiger partial charge on any atom is 0.251 e. The van der Waals surface area contributed by atoms with Gasteiger partial charge in [0.05, 0.1) is 4.90 Å². The number of rotatable bonds is 5. The fraction of sp³-hybridized carbons (Fsp3) is 0.500. The van der Waals surface area contributed by atoms with E-state index in [2.05, 4.69) is 5.32 Å². The Morgan fingerprint density at radius 3 is 2.57 bits per heavy atom. The quantitative estimate of drug-likeness (QED) is 0.830. The number of ether oxygens (including phenoxy) is 1. The van der Waals surface area contributed by atoms with E-state index in [9.17, 15) is 13.2 Å². The molecule has 6 nitrogen and oxygen atoms in total. The average molecular weight is 312 g/mol. The van der Waals surface area contributed by atoms with Crippen molar-refractivity contribution in [1.29, 1.82) is 0 Å². The molecule has 1 unspecified atom stereocenters. The van der Waals surface area contributed by atoms with E-state index in [1.54, 1.807) is 19.1 Å². The molecule has 1 amide bonds. The van der Waals surface area contributed by atoms with Gasteiger partial charge in [-0.2, -0.15) is 0 Å². The minimum atomic E-state index is -3.66. The summed E-state index contributed by atoms with van der Waals surface area (Å²) in [5, 5.41) is 7.88. The van der Waals surface area contributed by atoms with Crippen molar-refractivity contribution in [2.24, 2.45) is 5.14 Å². The Bertz CT molecular complexity index is 604. The van der Waals surface area contributed by atoms with E-state index in [0.717, 1.165) is 18.4 Å². The first kappa shape index (κ1) is 15.9. The van der Waals surface area contributed by atoms with Crippen LogP contribution in [0, 0.1) is 0 Å². The highest BCUT2D eigenvalue weighted by Crippen LogP contribution is 2.24. The normalized spacial score (nSPS) is 22.2. The highest BCUT2D eigenvalue weighted by Gasteiger charge is 2.37. The number of nitrogens with two attached hydrogens (primary N) is 1. The molecule has 7 heteroatoms. The van der Waals surface area contributed by atoms with Crippen LogP contribution in [-0.2, 0) is 26.0 Å². The fourth-order valence-electron chi connectivity index (χ4n) is 2.31. The molecule has 1 heterocycles. The Labute approximate surface area is 124 Å². The van der Waals surface area contributed by atoms with E-state index in [4.69, 9.17) is 9.88 Å². The second-order valence-corrected chi connectivity index (χ2v) is 6.94. The zero-order chi connectivity index (χ0) is 15.5. The molecule has 0 radical (unpaired) electrons. The molecule has 1 aliphatic rings. The molecule has 116 valence electrons. The lowest BCUT2D eigenvalue weighted by Gasteiger charge is -2.21. The molecule has 21 heavy (non-hydrogen) atoms. The van der Waals surface area contributed by atoms with Crippen LogP contribution >= 0.6 is 0 Å². The molecule has 0 bridgehead atoms. The zero-order valence-electron chi connectivity index (χ0n) is 12.0. The van der Waals surface area contributed by atoms with Gasteiger partial charge < -0.3 is 10.1 Å². The lowest BCUT2D eigenvalue weighted by molar-refractivity contribution is -0.139. The molecule has 1 atom stereocenters. The van der Waals surface area contributed by atoms with Crippen molar-refractivity contribution in [2.45, 2.75) is 36.7 Å². The van der Waals surface area contributed by atoms with Gasteiger partial charge in [0.25, 0.3) is 5.91 Å². The smallest absolute Gasteiger partial charge is 0.251 e. The predicted molar refractivity (Wildman–Crippen MR) is 78.1 cm³/mol. The molecule has 1 saturated heterocycles. The minimum absolute atomic E-state index is 0.0853. The lowest BCUT2D eigenvalue weighted by Crippen LogP contribution is -2.44. The number of amides is 1. The van der Waals surface area contributed by atoms with Crippen LogP contribution in [0.4, 0.5) is 0 Å². The van der Waals surface area contributed by atoms with Crippen LogP contribution in [0.2, 0.25) is 0 Å². The van der Waals surface area contributed by atoms with E-state index < -0.39 is 15.6 Å². The van der Waals surface area contributed by atoms with Crippen molar-refractivity contribution in [3.05, 3.63) is 29.8 Å². The minimum Gasteiger partial charge on any atom is -0.365 e. The highest BCUT2D eigenvalue weighted by molar-refractivity contribution is 7.89. The number of carbonyl (C=O) groups excluding carboxylic acids is 1. The average Bonchev–Trinajstić information content (AvgIpc) is 2.86. The first-order valence-corrected chi connectivity index (χ1v) is 8.40. The van der Waals surface area contributed by atoms with Crippen molar-refractivity contribution in [3.8, 4) is 0 Å². The number of hydrogen-bond acceptors (Lipinski definition) is 4. The summed E-state index contributed by atoms with van der Waals surface area (Å²) in [4.78, 5) is 12.1. The van der Waals surface area contributed by atoms with Crippen molar-refractivity contribution in [3.63, 3.8) is 0 Å². The van der Waals surface area contributed by atoms with E-state index in [1.165, 1.54) is 12.1 Å². The fourth-order valence-corrected chi connectivity index (χ4v) is 2.83. The molecule has 0 aromatic heterocycles. The molecule has 1 aromatic rings. The van der Waals surface area contributed by atoms with Crippen molar-refractivity contribution >= 4 is 15.9 Å². The Hall–Kier alpha value is -1.44.